The number of phosphoric acid groups is 1. The Bertz CT molecular complexity index is 355. The van der Waals surface area contributed by atoms with Gasteiger partial charge in [-0.25, -0.2) is 4.57 Å². The van der Waals surface area contributed by atoms with Crippen LogP contribution in [-0.4, -0.2) is 13.2 Å². The Morgan fingerprint density at radius 3 is 2.00 bits per heavy atom. The zero-order valence-electron chi connectivity index (χ0n) is 11.0. The summed E-state index contributed by atoms with van der Waals surface area (Å²) in [6, 6.07) is 9.55. The van der Waals surface area contributed by atoms with Crippen molar-refractivity contribution >= 4 is 7.82 Å². The van der Waals surface area contributed by atoms with Crippen LogP contribution < -0.4 is 0 Å². The van der Waals surface area contributed by atoms with Gasteiger partial charge in [0, 0.05) is 0 Å². The minimum atomic E-state index is -3.42. The largest absolute Gasteiger partial charge is 0.475 e. The highest BCUT2D eigenvalue weighted by molar-refractivity contribution is 7.48. The van der Waals surface area contributed by atoms with E-state index in [1.54, 1.807) is 0 Å². The van der Waals surface area contributed by atoms with Crippen LogP contribution in [0.15, 0.2) is 30.3 Å². The highest BCUT2D eigenvalue weighted by atomic mass is 31.2. The average molecular weight is 272 g/mol. The molecule has 0 unspecified atom stereocenters. The average Bonchev–Trinajstić information content (AvgIpc) is 2.42. The van der Waals surface area contributed by atoms with Crippen LogP contribution in [0.25, 0.3) is 0 Å². The van der Waals surface area contributed by atoms with Gasteiger partial charge in [0.2, 0.25) is 0 Å². The minimum Gasteiger partial charge on any atom is -0.287 e. The minimum absolute atomic E-state index is 0.228. The predicted molar refractivity (Wildman–Crippen MR) is 71.3 cm³/mol. The van der Waals surface area contributed by atoms with Gasteiger partial charge in [0.15, 0.2) is 0 Å². The van der Waals surface area contributed by atoms with Crippen LogP contribution in [0.5, 0.6) is 0 Å². The van der Waals surface area contributed by atoms with Crippen molar-refractivity contribution in [2.24, 2.45) is 0 Å². The normalized spacial score (nSPS) is 11.7. The van der Waals surface area contributed by atoms with Gasteiger partial charge >= 0.3 is 7.82 Å². The number of hydrogen-bond donors (Lipinski definition) is 0. The lowest BCUT2D eigenvalue weighted by Gasteiger charge is -2.17. The fraction of sp³-hybridized carbons (Fsp3) is 0.538. The maximum absolute atomic E-state index is 12.2. The first-order valence-corrected chi connectivity index (χ1v) is 7.74. The van der Waals surface area contributed by atoms with Crippen molar-refractivity contribution in [3.63, 3.8) is 0 Å². The quantitative estimate of drug-likeness (QED) is 0.633. The molecule has 0 aromatic heterocycles. The molecule has 0 saturated carbocycles. The molecule has 1 rings (SSSR count). The first kappa shape index (κ1) is 15.4. The summed E-state index contributed by atoms with van der Waals surface area (Å²) in [4.78, 5) is 0. The second kappa shape index (κ2) is 8.44. The molecule has 102 valence electrons. The Kier molecular flexibility index (Phi) is 7.21. The Labute approximate surface area is 109 Å². The zero-order valence-corrected chi connectivity index (χ0v) is 11.9. The molecule has 18 heavy (non-hydrogen) atoms. The monoisotopic (exact) mass is 272 g/mol. The van der Waals surface area contributed by atoms with Crippen LogP contribution >= 0.6 is 7.82 Å². The summed E-state index contributed by atoms with van der Waals surface area (Å²) in [5, 5.41) is 0. The van der Waals surface area contributed by atoms with Crippen molar-refractivity contribution in [2.45, 2.75) is 33.3 Å². The molecule has 0 radical (unpaired) electrons. The first-order valence-electron chi connectivity index (χ1n) is 6.27. The summed E-state index contributed by atoms with van der Waals surface area (Å²) < 4.78 is 28.0. The summed E-state index contributed by atoms with van der Waals surface area (Å²) in [5.74, 6) is 0. The number of hydrogen-bond acceptors (Lipinski definition) is 4. The molecule has 0 aliphatic carbocycles. The van der Waals surface area contributed by atoms with E-state index in [9.17, 15) is 4.57 Å². The Balaban J connectivity index is 2.52. The smallest absolute Gasteiger partial charge is 0.287 e. The molecule has 0 bridgehead atoms. The number of benzene rings is 1. The van der Waals surface area contributed by atoms with Crippen LogP contribution in [0.1, 0.15) is 32.3 Å². The van der Waals surface area contributed by atoms with Gasteiger partial charge < -0.3 is 0 Å². The summed E-state index contributed by atoms with van der Waals surface area (Å²) in [7, 11) is -3.42. The molecular formula is C13H21O4P. The Hall–Kier alpha value is -0.670. The SMILES string of the molecule is CCCOP(=O)(OCCC)OCc1ccccc1. The van der Waals surface area contributed by atoms with E-state index in [1.165, 1.54) is 0 Å². The summed E-state index contributed by atoms with van der Waals surface area (Å²) in [6.07, 6.45) is 1.54. The van der Waals surface area contributed by atoms with E-state index in [1.807, 2.05) is 44.2 Å². The molecular weight excluding hydrogens is 251 g/mol. The first-order chi connectivity index (χ1) is 8.70. The predicted octanol–water partition coefficient (Wildman–Crippen LogP) is 4.16. The second-order valence-electron chi connectivity index (χ2n) is 3.87. The molecule has 4 nitrogen and oxygen atoms in total. The van der Waals surface area contributed by atoms with Crippen molar-refractivity contribution in [1.29, 1.82) is 0 Å². The Morgan fingerprint density at radius 1 is 0.944 bits per heavy atom. The van der Waals surface area contributed by atoms with E-state index in [2.05, 4.69) is 0 Å². The van der Waals surface area contributed by atoms with Crippen LogP contribution in [0.3, 0.4) is 0 Å². The molecule has 0 atom stereocenters. The van der Waals surface area contributed by atoms with Crippen molar-refractivity contribution in [3.05, 3.63) is 35.9 Å². The van der Waals surface area contributed by atoms with Gasteiger partial charge in [-0.1, -0.05) is 44.2 Å². The van der Waals surface area contributed by atoms with Gasteiger partial charge in [0.05, 0.1) is 19.8 Å². The Morgan fingerprint density at radius 2 is 1.50 bits per heavy atom. The third kappa shape index (κ3) is 5.78. The fourth-order valence-corrected chi connectivity index (χ4v) is 2.59. The van der Waals surface area contributed by atoms with E-state index < -0.39 is 7.82 Å². The highest BCUT2D eigenvalue weighted by Crippen LogP contribution is 2.50. The van der Waals surface area contributed by atoms with Crippen LogP contribution in [0.2, 0.25) is 0 Å². The van der Waals surface area contributed by atoms with E-state index >= 15 is 0 Å². The van der Waals surface area contributed by atoms with Crippen molar-refractivity contribution in [1.82, 2.24) is 0 Å². The molecule has 5 heteroatoms. The summed E-state index contributed by atoms with van der Waals surface area (Å²) in [5.41, 5.74) is 0.943. The van der Waals surface area contributed by atoms with Crippen LogP contribution in [0, 0.1) is 0 Å². The standard InChI is InChI=1S/C13H21O4P/c1-3-10-15-18(14,16-11-4-2)17-12-13-8-6-5-7-9-13/h5-9H,3-4,10-12H2,1-2H3. The summed E-state index contributed by atoms with van der Waals surface area (Å²) >= 11 is 0. The fourth-order valence-electron chi connectivity index (χ4n) is 1.25. The lowest BCUT2D eigenvalue weighted by Crippen LogP contribution is -2.02. The maximum atomic E-state index is 12.2. The molecule has 0 aliphatic rings. The van der Waals surface area contributed by atoms with E-state index in [0.29, 0.717) is 13.2 Å². The zero-order chi connectivity index (χ0) is 13.3. The molecule has 0 spiro atoms. The molecule has 1 aromatic carbocycles. The van der Waals surface area contributed by atoms with E-state index in [-0.39, 0.29) is 6.61 Å². The molecule has 0 aliphatic heterocycles. The lowest BCUT2D eigenvalue weighted by molar-refractivity contribution is 0.108. The van der Waals surface area contributed by atoms with Crippen LogP contribution in [0.4, 0.5) is 0 Å². The van der Waals surface area contributed by atoms with Gasteiger partial charge in [-0.15, -0.1) is 0 Å². The highest BCUT2D eigenvalue weighted by Gasteiger charge is 2.25. The van der Waals surface area contributed by atoms with Gasteiger partial charge in [0.25, 0.3) is 0 Å². The lowest BCUT2D eigenvalue weighted by atomic mass is 10.2. The third-order valence-corrected chi connectivity index (χ3v) is 3.58. The molecule has 0 amide bonds. The van der Waals surface area contributed by atoms with Crippen molar-refractivity contribution in [2.75, 3.05) is 13.2 Å². The second-order valence-corrected chi connectivity index (χ2v) is 5.54. The van der Waals surface area contributed by atoms with Gasteiger partial charge in [-0.3, -0.25) is 13.6 Å². The molecule has 0 saturated heterocycles. The van der Waals surface area contributed by atoms with Crippen molar-refractivity contribution in [3.8, 4) is 0 Å². The molecule has 0 fully saturated rings. The van der Waals surface area contributed by atoms with Crippen LogP contribution in [-0.2, 0) is 24.7 Å². The summed E-state index contributed by atoms with van der Waals surface area (Å²) in [6.45, 7) is 4.86. The van der Waals surface area contributed by atoms with Crippen molar-refractivity contribution < 1.29 is 18.1 Å². The molecule has 0 N–H and O–H groups in total. The number of rotatable bonds is 9. The van der Waals surface area contributed by atoms with Gasteiger partial charge in [0.1, 0.15) is 0 Å². The van der Waals surface area contributed by atoms with E-state index in [0.717, 1.165) is 18.4 Å². The number of phosphoric ester groups is 1. The topological polar surface area (TPSA) is 44.8 Å². The third-order valence-electron chi connectivity index (χ3n) is 2.14. The molecule has 1 aromatic rings. The van der Waals surface area contributed by atoms with Gasteiger partial charge in [-0.05, 0) is 18.4 Å². The van der Waals surface area contributed by atoms with E-state index in [4.69, 9.17) is 13.6 Å². The van der Waals surface area contributed by atoms with Gasteiger partial charge in [-0.2, -0.15) is 0 Å². The molecule has 0 heterocycles. The maximum Gasteiger partial charge on any atom is 0.475 e.